The first-order chi connectivity index (χ1) is 9.29. The molecule has 102 valence electrons. The molecule has 0 saturated heterocycles. The Balaban J connectivity index is 1.84. The van der Waals surface area contributed by atoms with Crippen LogP contribution in [0.15, 0.2) is 36.9 Å². The third kappa shape index (κ3) is 4.17. The first kappa shape index (κ1) is 13.7. The number of nitrogens with zero attached hydrogens (tertiary/aromatic N) is 3. The van der Waals surface area contributed by atoms with Crippen LogP contribution in [0.4, 0.5) is 0 Å². The first-order valence-electron chi connectivity index (χ1n) is 6.86. The number of aromatic nitrogens is 3. The second-order valence-electron chi connectivity index (χ2n) is 4.79. The molecule has 2 rings (SSSR count). The SMILES string of the molecule is CCCn1ccnc1CC(O)CCc1cccnc1. The van der Waals surface area contributed by atoms with Crippen molar-refractivity contribution in [2.24, 2.45) is 0 Å². The van der Waals surface area contributed by atoms with Gasteiger partial charge in [0.15, 0.2) is 0 Å². The maximum atomic E-state index is 10.1. The molecule has 4 nitrogen and oxygen atoms in total. The summed E-state index contributed by atoms with van der Waals surface area (Å²) in [5.74, 6) is 0.973. The molecule has 0 amide bonds. The number of aliphatic hydroxyl groups excluding tert-OH is 1. The van der Waals surface area contributed by atoms with Gasteiger partial charge in [0.2, 0.25) is 0 Å². The Morgan fingerprint density at radius 2 is 2.26 bits per heavy atom. The Labute approximate surface area is 114 Å². The lowest BCUT2D eigenvalue weighted by molar-refractivity contribution is 0.161. The van der Waals surface area contributed by atoms with Crippen LogP contribution < -0.4 is 0 Å². The van der Waals surface area contributed by atoms with Crippen molar-refractivity contribution in [2.75, 3.05) is 0 Å². The summed E-state index contributed by atoms with van der Waals surface area (Å²) in [5.41, 5.74) is 1.17. The highest BCUT2D eigenvalue weighted by molar-refractivity contribution is 5.08. The molecule has 0 bridgehead atoms. The molecule has 1 unspecified atom stereocenters. The summed E-state index contributed by atoms with van der Waals surface area (Å²) in [5, 5.41) is 10.1. The smallest absolute Gasteiger partial charge is 0.111 e. The maximum Gasteiger partial charge on any atom is 0.111 e. The van der Waals surface area contributed by atoms with E-state index in [0.29, 0.717) is 6.42 Å². The molecule has 0 radical (unpaired) electrons. The summed E-state index contributed by atoms with van der Waals surface area (Å²) in [4.78, 5) is 8.40. The van der Waals surface area contributed by atoms with Gasteiger partial charge in [-0.1, -0.05) is 13.0 Å². The van der Waals surface area contributed by atoms with Crippen LogP contribution in [0, 0.1) is 0 Å². The highest BCUT2D eigenvalue weighted by Crippen LogP contribution is 2.09. The minimum absolute atomic E-state index is 0.349. The van der Waals surface area contributed by atoms with Crippen LogP contribution >= 0.6 is 0 Å². The van der Waals surface area contributed by atoms with E-state index in [4.69, 9.17) is 0 Å². The minimum atomic E-state index is -0.349. The lowest BCUT2D eigenvalue weighted by Crippen LogP contribution is -2.15. The van der Waals surface area contributed by atoms with Crippen molar-refractivity contribution < 1.29 is 5.11 Å². The van der Waals surface area contributed by atoms with Gasteiger partial charge in [-0.25, -0.2) is 4.98 Å². The molecule has 0 aliphatic heterocycles. The standard InChI is InChI=1S/C15H21N3O/c1-2-9-18-10-8-17-15(18)11-14(19)6-5-13-4-3-7-16-12-13/h3-4,7-8,10,12,14,19H,2,5-6,9,11H2,1H3. The quantitative estimate of drug-likeness (QED) is 0.829. The molecule has 2 aromatic heterocycles. The van der Waals surface area contributed by atoms with Crippen molar-refractivity contribution in [3.63, 3.8) is 0 Å². The van der Waals surface area contributed by atoms with E-state index in [-0.39, 0.29) is 6.10 Å². The molecular formula is C15H21N3O. The highest BCUT2D eigenvalue weighted by atomic mass is 16.3. The number of aryl methyl sites for hydroxylation is 2. The molecule has 2 aromatic rings. The second-order valence-corrected chi connectivity index (χ2v) is 4.79. The monoisotopic (exact) mass is 259 g/mol. The Hall–Kier alpha value is -1.68. The van der Waals surface area contributed by atoms with Gasteiger partial charge in [0.25, 0.3) is 0 Å². The summed E-state index contributed by atoms with van der Waals surface area (Å²) in [6.07, 6.45) is 10.3. The molecule has 4 heteroatoms. The highest BCUT2D eigenvalue weighted by Gasteiger charge is 2.10. The van der Waals surface area contributed by atoms with Gasteiger partial charge in [0.05, 0.1) is 6.10 Å². The van der Waals surface area contributed by atoms with Gasteiger partial charge in [-0.15, -0.1) is 0 Å². The molecule has 1 atom stereocenters. The van der Waals surface area contributed by atoms with E-state index >= 15 is 0 Å². The van der Waals surface area contributed by atoms with Crippen LogP contribution in [0.1, 0.15) is 31.2 Å². The molecule has 1 N–H and O–H groups in total. The molecule has 0 saturated carbocycles. The Morgan fingerprint density at radius 3 is 3.00 bits per heavy atom. The van der Waals surface area contributed by atoms with E-state index < -0.39 is 0 Å². The van der Waals surface area contributed by atoms with Gasteiger partial charge >= 0.3 is 0 Å². The third-order valence-corrected chi connectivity index (χ3v) is 3.17. The van der Waals surface area contributed by atoms with Crippen LogP contribution in [-0.2, 0) is 19.4 Å². The summed E-state index contributed by atoms with van der Waals surface area (Å²) in [6, 6.07) is 3.97. The van der Waals surface area contributed by atoms with E-state index in [0.717, 1.165) is 31.6 Å². The zero-order valence-corrected chi connectivity index (χ0v) is 11.4. The van der Waals surface area contributed by atoms with E-state index in [1.54, 1.807) is 12.4 Å². The maximum absolute atomic E-state index is 10.1. The van der Waals surface area contributed by atoms with Crippen molar-refractivity contribution in [3.05, 3.63) is 48.3 Å². The fourth-order valence-corrected chi connectivity index (χ4v) is 2.17. The molecule has 0 aliphatic rings. The van der Waals surface area contributed by atoms with Gasteiger partial charge in [-0.3, -0.25) is 4.98 Å². The van der Waals surface area contributed by atoms with Crippen LogP contribution in [0.3, 0.4) is 0 Å². The second kappa shape index (κ2) is 7.04. The van der Waals surface area contributed by atoms with Crippen molar-refractivity contribution >= 4 is 0 Å². The number of rotatable bonds is 7. The molecule has 19 heavy (non-hydrogen) atoms. The van der Waals surface area contributed by atoms with E-state index in [9.17, 15) is 5.11 Å². The Bertz CT molecular complexity index is 481. The minimum Gasteiger partial charge on any atom is -0.393 e. The topological polar surface area (TPSA) is 50.9 Å². The average molecular weight is 259 g/mol. The molecule has 0 fully saturated rings. The van der Waals surface area contributed by atoms with E-state index in [2.05, 4.69) is 21.5 Å². The van der Waals surface area contributed by atoms with Crippen LogP contribution in [-0.4, -0.2) is 25.7 Å². The first-order valence-corrected chi connectivity index (χ1v) is 6.86. The zero-order valence-electron chi connectivity index (χ0n) is 11.4. The number of pyridine rings is 1. The predicted octanol–water partition coefficient (Wildman–Crippen LogP) is 2.22. The largest absolute Gasteiger partial charge is 0.393 e. The summed E-state index contributed by atoms with van der Waals surface area (Å²) < 4.78 is 2.12. The van der Waals surface area contributed by atoms with Crippen molar-refractivity contribution in [3.8, 4) is 0 Å². The van der Waals surface area contributed by atoms with Crippen LogP contribution in [0.5, 0.6) is 0 Å². The van der Waals surface area contributed by atoms with Crippen molar-refractivity contribution in [1.29, 1.82) is 0 Å². The van der Waals surface area contributed by atoms with Crippen LogP contribution in [0.2, 0.25) is 0 Å². The normalized spacial score (nSPS) is 12.5. The van der Waals surface area contributed by atoms with Crippen LogP contribution in [0.25, 0.3) is 0 Å². The number of hydrogen-bond donors (Lipinski definition) is 1. The zero-order chi connectivity index (χ0) is 13.5. The fraction of sp³-hybridized carbons (Fsp3) is 0.467. The fourth-order valence-electron chi connectivity index (χ4n) is 2.17. The summed E-state index contributed by atoms with van der Waals surface area (Å²) >= 11 is 0. The van der Waals surface area contributed by atoms with Crippen molar-refractivity contribution in [2.45, 2.75) is 45.3 Å². The molecule has 0 spiro atoms. The van der Waals surface area contributed by atoms with Gasteiger partial charge in [-0.05, 0) is 30.9 Å². The molecular weight excluding hydrogens is 238 g/mol. The number of imidazole rings is 1. The Morgan fingerprint density at radius 1 is 1.37 bits per heavy atom. The lowest BCUT2D eigenvalue weighted by atomic mass is 10.1. The molecule has 0 aliphatic carbocycles. The molecule has 0 aromatic carbocycles. The van der Waals surface area contributed by atoms with E-state index in [1.165, 1.54) is 5.56 Å². The van der Waals surface area contributed by atoms with Gasteiger partial charge < -0.3 is 9.67 Å². The Kier molecular flexibility index (Phi) is 5.10. The average Bonchev–Trinajstić information content (AvgIpc) is 2.85. The van der Waals surface area contributed by atoms with Crippen molar-refractivity contribution in [1.82, 2.24) is 14.5 Å². The van der Waals surface area contributed by atoms with Gasteiger partial charge in [-0.2, -0.15) is 0 Å². The lowest BCUT2D eigenvalue weighted by Gasteiger charge is -2.11. The third-order valence-electron chi connectivity index (χ3n) is 3.17. The number of aliphatic hydroxyl groups is 1. The number of hydrogen-bond acceptors (Lipinski definition) is 3. The summed E-state index contributed by atoms with van der Waals surface area (Å²) in [6.45, 7) is 3.10. The van der Waals surface area contributed by atoms with Gasteiger partial charge in [0.1, 0.15) is 5.82 Å². The summed E-state index contributed by atoms with van der Waals surface area (Å²) in [7, 11) is 0. The predicted molar refractivity (Wildman–Crippen MR) is 74.8 cm³/mol. The molecule has 2 heterocycles. The van der Waals surface area contributed by atoms with E-state index in [1.807, 2.05) is 24.5 Å². The van der Waals surface area contributed by atoms with Gasteiger partial charge in [0, 0.05) is 37.8 Å².